The van der Waals surface area contributed by atoms with Crippen LogP contribution < -0.4 is 0 Å². The van der Waals surface area contributed by atoms with Crippen LogP contribution in [-0.4, -0.2) is 10.9 Å². The van der Waals surface area contributed by atoms with Crippen molar-refractivity contribution < 1.29 is 5.11 Å². The smallest absolute Gasteiger partial charge is 0.0886 e. The Balaban J connectivity index is 1.67. The lowest BCUT2D eigenvalue weighted by atomic mass is 9.77. The lowest BCUT2D eigenvalue weighted by Gasteiger charge is -2.29. The fourth-order valence-corrected chi connectivity index (χ4v) is 3.82. The van der Waals surface area contributed by atoms with Crippen molar-refractivity contribution in [1.29, 1.82) is 0 Å². The largest absolute Gasteiger partial charge is 0.388 e. The summed E-state index contributed by atoms with van der Waals surface area (Å²) in [6.07, 6.45) is 3.46. The average molecular weight is 363 g/mol. The maximum atomic E-state index is 10.6. The second kappa shape index (κ2) is 6.99. The highest BCUT2D eigenvalue weighted by Crippen LogP contribution is 2.40. The molecule has 1 aliphatic rings. The van der Waals surface area contributed by atoms with Crippen LogP contribution in [0.15, 0.2) is 57.9 Å². The molecule has 0 saturated heterocycles. The third kappa shape index (κ3) is 3.71. The summed E-state index contributed by atoms with van der Waals surface area (Å²) in [6, 6.07) is 16.6. The van der Waals surface area contributed by atoms with Crippen molar-refractivity contribution in [1.82, 2.24) is 0 Å². The van der Waals surface area contributed by atoms with Gasteiger partial charge in [0.2, 0.25) is 0 Å². The Morgan fingerprint density at radius 2 is 1.81 bits per heavy atom. The van der Waals surface area contributed by atoms with Crippen LogP contribution in [0.4, 0.5) is 0 Å². The van der Waals surface area contributed by atoms with Crippen molar-refractivity contribution in [2.24, 2.45) is 0 Å². The van der Waals surface area contributed by atoms with Crippen LogP contribution >= 0.6 is 27.7 Å². The molecule has 1 unspecified atom stereocenters. The number of hydrogen-bond donors (Lipinski definition) is 1. The zero-order valence-corrected chi connectivity index (χ0v) is 14.2. The lowest BCUT2D eigenvalue weighted by Crippen LogP contribution is -2.13. The van der Waals surface area contributed by atoms with Gasteiger partial charge in [-0.2, -0.15) is 0 Å². The van der Waals surface area contributed by atoms with Gasteiger partial charge in [0.05, 0.1) is 6.10 Å². The fourth-order valence-electron chi connectivity index (χ4n) is 2.70. The van der Waals surface area contributed by atoms with Crippen molar-refractivity contribution in [3.05, 3.63) is 64.1 Å². The molecular weight excluding hydrogens is 344 g/mol. The topological polar surface area (TPSA) is 20.2 Å². The normalized spacial score (nSPS) is 16.5. The molecular formula is C18H19BrOS. The van der Waals surface area contributed by atoms with Gasteiger partial charge in [-0.3, -0.25) is 0 Å². The predicted molar refractivity (Wildman–Crippen MR) is 92.9 cm³/mol. The maximum Gasteiger partial charge on any atom is 0.0886 e. The number of halogens is 1. The molecule has 3 heteroatoms. The summed E-state index contributed by atoms with van der Waals surface area (Å²) in [4.78, 5) is 1.19. The molecule has 0 aromatic heterocycles. The van der Waals surface area contributed by atoms with E-state index in [0.29, 0.717) is 11.7 Å². The Morgan fingerprint density at radius 3 is 2.48 bits per heavy atom. The molecule has 1 nitrogen and oxygen atoms in total. The number of hydrogen-bond acceptors (Lipinski definition) is 2. The summed E-state index contributed by atoms with van der Waals surface area (Å²) in [6.45, 7) is 0. The molecule has 21 heavy (non-hydrogen) atoms. The van der Waals surface area contributed by atoms with Gasteiger partial charge in [-0.15, -0.1) is 11.8 Å². The van der Waals surface area contributed by atoms with Gasteiger partial charge in [0, 0.05) is 15.1 Å². The van der Waals surface area contributed by atoms with E-state index in [-0.39, 0.29) is 0 Å². The third-order valence-electron chi connectivity index (χ3n) is 4.12. The fraction of sp³-hybridized carbons (Fsp3) is 0.333. The summed E-state index contributed by atoms with van der Waals surface area (Å²) in [5.41, 5.74) is 2.47. The highest BCUT2D eigenvalue weighted by molar-refractivity contribution is 9.10. The summed E-state index contributed by atoms with van der Waals surface area (Å²) in [7, 11) is 0. The predicted octanol–water partition coefficient (Wildman–Crippen LogP) is 5.54. The Hall–Kier alpha value is -0.770. The van der Waals surface area contributed by atoms with E-state index in [0.717, 1.165) is 10.0 Å². The van der Waals surface area contributed by atoms with E-state index in [9.17, 15) is 5.11 Å². The Labute approximate surface area is 138 Å². The minimum absolute atomic E-state index is 0.393. The van der Waals surface area contributed by atoms with Crippen molar-refractivity contribution in [3.8, 4) is 0 Å². The van der Waals surface area contributed by atoms with Gasteiger partial charge in [-0.05, 0) is 54.2 Å². The van der Waals surface area contributed by atoms with Gasteiger partial charge in [-0.1, -0.05) is 46.6 Å². The van der Waals surface area contributed by atoms with Crippen LogP contribution in [-0.2, 0) is 0 Å². The van der Waals surface area contributed by atoms with Crippen LogP contribution in [0.2, 0.25) is 0 Å². The minimum atomic E-state index is -0.393. The highest BCUT2D eigenvalue weighted by atomic mass is 79.9. The van der Waals surface area contributed by atoms with E-state index in [2.05, 4.69) is 46.3 Å². The second-order valence-corrected chi connectivity index (χ2v) is 7.55. The van der Waals surface area contributed by atoms with E-state index in [1.807, 2.05) is 18.2 Å². The molecule has 1 aliphatic carbocycles. The molecule has 0 bridgehead atoms. The lowest BCUT2D eigenvalue weighted by molar-refractivity contribution is 0.201. The molecule has 3 rings (SSSR count). The van der Waals surface area contributed by atoms with Crippen LogP contribution in [0.25, 0.3) is 0 Å². The van der Waals surface area contributed by atoms with Crippen LogP contribution in [0.1, 0.15) is 42.4 Å². The molecule has 1 atom stereocenters. The Morgan fingerprint density at radius 1 is 1.10 bits per heavy atom. The summed E-state index contributed by atoms with van der Waals surface area (Å²) in [5, 5.41) is 10.6. The molecule has 1 fully saturated rings. The highest BCUT2D eigenvalue weighted by Gasteiger charge is 2.24. The van der Waals surface area contributed by atoms with Crippen molar-refractivity contribution >= 4 is 27.7 Å². The van der Waals surface area contributed by atoms with Gasteiger partial charge in [0.15, 0.2) is 0 Å². The quantitative estimate of drug-likeness (QED) is 0.704. The first-order valence-electron chi connectivity index (χ1n) is 7.39. The molecule has 2 aromatic rings. The second-order valence-electron chi connectivity index (χ2n) is 5.54. The molecule has 0 amide bonds. The van der Waals surface area contributed by atoms with Crippen LogP contribution in [0.5, 0.6) is 0 Å². The number of thioether (sulfide) groups is 1. The average Bonchev–Trinajstić information content (AvgIpc) is 2.45. The molecule has 0 heterocycles. The van der Waals surface area contributed by atoms with E-state index >= 15 is 0 Å². The molecule has 1 saturated carbocycles. The first-order valence-corrected chi connectivity index (χ1v) is 9.17. The molecule has 110 valence electrons. The number of rotatable bonds is 5. The third-order valence-corrected chi connectivity index (χ3v) is 5.74. The van der Waals surface area contributed by atoms with E-state index in [1.54, 1.807) is 11.8 Å². The van der Waals surface area contributed by atoms with Gasteiger partial charge in [0.25, 0.3) is 0 Å². The zero-order chi connectivity index (χ0) is 14.7. The first kappa shape index (κ1) is 15.1. The van der Waals surface area contributed by atoms with Crippen molar-refractivity contribution in [2.75, 3.05) is 5.75 Å². The molecule has 2 aromatic carbocycles. The van der Waals surface area contributed by atoms with Gasteiger partial charge in [0.1, 0.15) is 0 Å². The Bertz CT molecular complexity index is 592. The van der Waals surface area contributed by atoms with E-state index in [4.69, 9.17) is 0 Å². The van der Waals surface area contributed by atoms with Gasteiger partial charge in [-0.25, -0.2) is 0 Å². The maximum absolute atomic E-state index is 10.6. The van der Waals surface area contributed by atoms with Gasteiger partial charge >= 0.3 is 0 Å². The van der Waals surface area contributed by atoms with Crippen LogP contribution in [0, 0.1) is 0 Å². The number of benzene rings is 2. The van der Waals surface area contributed by atoms with Gasteiger partial charge < -0.3 is 5.11 Å². The van der Waals surface area contributed by atoms with E-state index in [1.165, 1.54) is 29.7 Å². The summed E-state index contributed by atoms with van der Waals surface area (Å²) in [5.74, 6) is 1.36. The summed E-state index contributed by atoms with van der Waals surface area (Å²) >= 11 is 5.15. The Kier molecular flexibility index (Phi) is 5.04. The zero-order valence-electron chi connectivity index (χ0n) is 11.8. The monoisotopic (exact) mass is 362 g/mol. The van der Waals surface area contributed by atoms with Crippen molar-refractivity contribution in [2.45, 2.75) is 36.2 Å². The van der Waals surface area contributed by atoms with Crippen molar-refractivity contribution in [3.63, 3.8) is 0 Å². The molecule has 0 radical (unpaired) electrons. The minimum Gasteiger partial charge on any atom is -0.388 e. The van der Waals surface area contributed by atoms with E-state index < -0.39 is 6.10 Å². The number of aliphatic hydroxyl groups excluding tert-OH is 1. The first-order chi connectivity index (χ1) is 10.2. The summed E-state index contributed by atoms with van der Waals surface area (Å²) < 4.78 is 1.09. The van der Waals surface area contributed by atoms with Crippen LogP contribution in [0.3, 0.4) is 0 Å². The SMILES string of the molecule is OC(CSc1ccc(Br)cc1)c1ccccc1C1CCC1. The number of aliphatic hydroxyl groups is 1. The molecule has 0 spiro atoms. The molecule has 0 aliphatic heterocycles. The molecule has 1 N–H and O–H groups in total. The standard InChI is InChI=1S/C18H19BrOS/c19-14-8-10-15(11-9-14)21-12-18(20)17-7-2-1-6-16(17)13-4-3-5-13/h1-2,6-11,13,18,20H,3-5,12H2.